The van der Waals surface area contributed by atoms with E-state index in [0.717, 1.165) is 0 Å². The molecule has 0 aliphatic heterocycles. The van der Waals surface area contributed by atoms with Crippen molar-refractivity contribution < 1.29 is 14.8 Å². The molecule has 18 heavy (non-hydrogen) atoms. The van der Waals surface area contributed by atoms with Gasteiger partial charge in [-0.15, -0.1) is 0 Å². The molecule has 100 valence electrons. The molecule has 1 aromatic rings. The van der Waals surface area contributed by atoms with Crippen LogP contribution in [0.5, 0.6) is 0 Å². The number of nitro groups is 1. The highest BCUT2D eigenvalue weighted by Gasteiger charge is 2.21. The Morgan fingerprint density at radius 3 is 2.61 bits per heavy atom. The van der Waals surface area contributed by atoms with Gasteiger partial charge in [0, 0.05) is 18.2 Å². The van der Waals surface area contributed by atoms with E-state index in [1.807, 2.05) is 13.8 Å². The Labute approximate surface area is 105 Å². The van der Waals surface area contributed by atoms with Crippen LogP contribution in [-0.4, -0.2) is 33.2 Å². The molecule has 0 saturated heterocycles. The number of amides is 1. The number of hydrogen-bond acceptors (Lipinski definition) is 4. The van der Waals surface area contributed by atoms with Crippen LogP contribution in [0.4, 0.5) is 5.69 Å². The number of aliphatic hydroxyl groups is 1. The van der Waals surface area contributed by atoms with E-state index in [0.29, 0.717) is 0 Å². The Morgan fingerprint density at radius 1 is 1.56 bits per heavy atom. The number of hydrogen-bond donors (Lipinski definition) is 2. The smallest absolute Gasteiger partial charge is 0.287 e. The first-order valence-electron chi connectivity index (χ1n) is 5.64. The fourth-order valence-electron chi connectivity index (χ4n) is 1.52. The van der Waals surface area contributed by atoms with Gasteiger partial charge in [0.1, 0.15) is 5.69 Å². The summed E-state index contributed by atoms with van der Waals surface area (Å²) in [6.07, 6.45) is 1.34. The Morgan fingerprint density at radius 2 is 2.17 bits per heavy atom. The third-order valence-electron chi connectivity index (χ3n) is 2.49. The molecule has 1 amide bonds. The number of carbonyl (C=O) groups excluding carboxylic acids is 1. The Bertz CT molecular complexity index is 453. The van der Waals surface area contributed by atoms with E-state index < -0.39 is 16.9 Å². The summed E-state index contributed by atoms with van der Waals surface area (Å²) >= 11 is 0. The molecular formula is C11H17N3O4. The van der Waals surface area contributed by atoms with Crippen LogP contribution >= 0.6 is 0 Å². The van der Waals surface area contributed by atoms with Gasteiger partial charge in [0.05, 0.1) is 17.7 Å². The summed E-state index contributed by atoms with van der Waals surface area (Å²) in [6.45, 7) is 5.12. The van der Waals surface area contributed by atoms with Crippen molar-refractivity contribution in [3.8, 4) is 0 Å². The van der Waals surface area contributed by atoms with Gasteiger partial charge in [0.25, 0.3) is 11.6 Å². The van der Waals surface area contributed by atoms with Gasteiger partial charge in [0.15, 0.2) is 0 Å². The standard InChI is InChI=1S/C11H17N3O4/c1-7(2)13-5-9(14(17)18)4-10(13)11(16)12-8(3)6-15/h4-5,7-8,15H,6H2,1-3H3,(H,12,16)/t8-/m1/s1. The predicted molar refractivity (Wildman–Crippen MR) is 65.5 cm³/mol. The zero-order valence-corrected chi connectivity index (χ0v) is 10.6. The van der Waals surface area contributed by atoms with Crippen LogP contribution in [0.25, 0.3) is 0 Å². The molecule has 0 aliphatic carbocycles. The molecule has 1 heterocycles. The number of nitrogens with one attached hydrogen (secondary N) is 1. The third-order valence-corrected chi connectivity index (χ3v) is 2.49. The van der Waals surface area contributed by atoms with Crippen LogP contribution < -0.4 is 5.32 Å². The van der Waals surface area contributed by atoms with Crippen molar-refractivity contribution >= 4 is 11.6 Å². The van der Waals surface area contributed by atoms with E-state index in [4.69, 9.17) is 5.11 Å². The minimum absolute atomic E-state index is 0.0658. The quantitative estimate of drug-likeness (QED) is 0.607. The number of carbonyl (C=O) groups is 1. The highest BCUT2D eigenvalue weighted by atomic mass is 16.6. The molecule has 1 rings (SSSR count). The van der Waals surface area contributed by atoms with Crippen LogP contribution in [-0.2, 0) is 0 Å². The largest absolute Gasteiger partial charge is 0.394 e. The van der Waals surface area contributed by atoms with Crippen LogP contribution in [0, 0.1) is 10.1 Å². The van der Waals surface area contributed by atoms with E-state index in [1.54, 1.807) is 6.92 Å². The summed E-state index contributed by atoms with van der Waals surface area (Å²) in [7, 11) is 0. The van der Waals surface area contributed by atoms with Crippen molar-refractivity contribution in [2.45, 2.75) is 32.9 Å². The molecule has 0 bridgehead atoms. The zero-order valence-electron chi connectivity index (χ0n) is 10.6. The first-order valence-corrected chi connectivity index (χ1v) is 5.64. The summed E-state index contributed by atoms with van der Waals surface area (Å²) < 4.78 is 1.54. The fraction of sp³-hybridized carbons (Fsp3) is 0.545. The summed E-state index contributed by atoms with van der Waals surface area (Å²) in [5.74, 6) is -0.432. The number of aromatic nitrogens is 1. The lowest BCUT2D eigenvalue weighted by Crippen LogP contribution is -2.36. The molecular weight excluding hydrogens is 238 g/mol. The lowest BCUT2D eigenvalue weighted by Gasteiger charge is -2.14. The van der Waals surface area contributed by atoms with Gasteiger partial charge in [-0.3, -0.25) is 14.9 Å². The number of nitrogens with zero attached hydrogens (tertiary/aromatic N) is 2. The maximum Gasteiger partial charge on any atom is 0.287 e. The predicted octanol–water partition coefficient (Wildman–Crippen LogP) is 1.09. The minimum Gasteiger partial charge on any atom is -0.394 e. The zero-order chi connectivity index (χ0) is 13.9. The van der Waals surface area contributed by atoms with E-state index in [9.17, 15) is 14.9 Å². The Kier molecular flexibility index (Phi) is 4.43. The maximum atomic E-state index is 11.9. The second-order valence-corrected chi connectivity index (χ2v) is 4.40. The third kappa shape index (κ3) is 3.07. The van der Waals surface area contributed by atoms with E-state index >= 15 is 0 Å². The fourth-order valence-corrected chi connectivity index (χ4v) is 1.52. The van der Waals surface area contributed by atoms with Gasteiger partial charge >= 0.3 is 0 Å². The highest BCUT2D eigenvalue weighted by molar-refractivity contribution is 5.93. The van der Waals surface area contributed by atoms with Crippen LogP contribution in [0.2, 0.25) is 0 Å². The average Bonchev–Trinajstić information content (AvgIpc) is 2.73. The molecule has 0 saturated carbocycles. The minimum atomic E-state index is -0.537. The molecule has 7 heteroatoms. The molecule has 1 atom stereocenters. The van der Waals surface area contributed by atoms with Crippen molar-refractivity contribution in [3.05, 3.63) is 28.1 Å². The van der Waals surface area contributed by atoms with Crippen LogP contribution in [0.15, 0.2) is 12.3 Å². The van der Waals surface area contributed by atoms with Crippen molar-refractivity contribution in [1.29, 1.82) is 0 Å². The second kappa shape index (κ2) is 5.63. The first kappa shape index (κ1) is 14.2. The highest BCUT2D eigenvalue weighted by Crippen LogP contribution is 2.20. The van der Waals surface area contributed by atoms with Gasteiger partial charge in [-0.25, -0.2) is 0 Å². The van der Waals surface area contributed by atoms with E-state index in [-0.39, 0.29) is 24.0 Å². The average molecular weight is 255 g/mol. The monoisotopic (exact) mass is 255 g/mol. The van der Waals surface area contributed by atoms with Crippen molar-refractivity contribution in [1.82, 2.24) is 9.88 Å². The first-order chi connectivity index (χ1) is 8.36. The maximum absolute atomic E-state index is 11.9. The van der Waals surface area contributed by atoms with E-state index in [1.165, 1.54) is 16.8 Å². The molecule has 0 fully saturated rings. The Balaban J connectivity index is 3.06. The van der Waals surface area contributed by atoms with Gasteiger partial charge in [-0.05, 0) is 20.8 Å². The number of rotatable bonds is 5. The lowest BCUT2D eigenvalue weighted by atomic mass is 10.3. The van der Waals surface area contributed by atoms with Gasteiger partial charge < -0.3 is 15.0 Å². The van der Waals surface area contributed by atoms with Crippen molar-refractivity contribution in [2.75, 3.05) is 6.61 Å². The summed E-state index contributed by atoms with van der Waals surface area (Å²) in [5, 5.41) is 22.1. The topological polar surface area (TPSA) is 97.4 Å². The van der Waals surface area contributed by atoms with Crippen LogP contribution in [0.1, 0.15) is 37.3 Å². The number of aliphatic hydroxyl groups excluding tert-OH is 1. The van der Waals surface area contributed by atoms with Gasteiger partial charge in [-0.2, -0.15) is 0 Å². The van der Waals surface area contributed by atoms with Gasteiger partial charge in [0.2, 0.25) is 0 Å². The molecule has 0 spiro atoms. The SMILES string of the molecule is CC(C)n1cc([N+](=O)[O-])cc1C(=O)N[C@H](C)CO. The second-order valence-electron chi connectivity index (χ2n) is 4.40. The molecule has 2 N–H and O–H groups in total. The van der Waals surface area contributed by atoms with Gasteiger partial charge in [-0.1, -0.05) is 0 Å². The molecule has 0 radical (unpaired) electrons. The van der Waals surface area contributed by atoms with Crippen molar-refractivity contribution in [3.63, 3.8) is 0 Å². The normalized spacial score (nSPS) is 12.5. The molecule has 0 aliphatic rings. The van der Waals surface area contributed by atoms with Crippen molar-refractivity contribution in [2.24, 2.45) is 0 Å². The summed E-state index contributed by atoms with van der Waals surface area (Å²) in [5.41, 5.74) is 0.0995. The summed E-state index contributed by atoms with van der Waals surface area (Å²) in [6, 6.07) is 0.773. The Hall–Kier alpha value is -1.89. The summed E-state index contributed by atoms with van der Waals surface area (Å²) in [4.78, 5) is 22.1. The molecule has 7 nitrogen and oxygen atoms in total. The van der Waals surface area contributed by atoms with Crippen LogP contribution in [0.3, 0.4) is 0 Å². The molecule has 0 aromatic carbocycles. The molecule has 0 unspecified atom stereocenters. The molecule has 1 aromatic heterocycles. The van der Waals surface area contributed by atoms with E-state index in [2.05, 4.69) is 5.32 Å². The lowest BCUT2D eigenvalue weighted by molar-refractivity contribution is -0.384.